The second-order valence-electron chi connectivity index (χ2n) is 9.62. The maximum absolute atomic E-state index is 15.8. The monoisotopic (exact) mass is 548 g/mol. The average molecular weight is 549 g/mol. The van der Waals surface area contributed by atoms with Crippen molar-refractivity contribution in [2.45, 2.75) is 48.3 Å². The molecule has 9 heteroatoms. The molecule has 0 aromatic heterocycles. The van der Waals surface area contributed by atoms with Crippen LogP contribution in [0.15, 0.2) is 64.4 Å². The van der Waals surface area contributed by atoms with E-state index in [9.17, 15) is 13.4 Å². The van der Waals surface area contributed by atoms with Crippen LogP contribution < -0.4 is 10.6 Å². The van der Waals surface area contributed by atoms with Crippen LogP contribution in [0, 0.1) is 23.4 Å². The molecule has 37 heavy (non-hydrogen) atoms. The number of benzene rings is 3. The molecule has 1 amide bonds. The Balaban J connectivity index is 1.68. The van der Waals surface area contributed by atoms with Crippen molar-refractivity contribution in [1.29, 1.82) is 0 Å². The predicted octanol–water partition coefficient (Wildman–Crippen LogP) is 6.38. The molecule has 0 radical (unpaired) electrons. The molecule has 3 aromatic carbocycles. The quantitative estimate of drug-likeness (QED) is 0.360. The summed E-state index contributed by atoms with van der Waals surface area (Å²) in [6.45, 7) is 4.27. The van der Waals surface area contributed by atoms with Crippen LogP contribution in [-0.2, 0) is 27.4 Å². The number of nitrogens with one attached hydrogen (secondary N) is 2. The Kier molecular flexibility index (Phi) is 8.41. The molecule has 3 aromatic rings. The van der Waals surface area contributed by atoms with E-state index in [1.165, 1.54) is 0 Å². The standard InChI is InChI=1S/C28H28ClF3N2O2S/c1-17(2)27(35)34-26-23(31)15-22(30)24(25(26)32)28(11-13-33-14-12-28)16-18-3-7-20(8-4-18)37(36)21-9-5-19(29)6-10-21/h3-10,15,17,33H,11-14,16H2,1-2H3,(H,34,35). The Morgan fingerprint density at radius 3 is 2.14 bits per heavy atom. The SMILES string of the molecule is CC(C)C(=O)Nc1c(F)cc(F)c(C2(Cc3ccc(S(=O)c4ccc(Cl)cc4)cc3)CCNCC2)c1F. The van der Waals surface area contributed by atoms with Gasteiger partial charge in [0.05, 0.1) is 10.8 Å². The van der Waals surface area contributed by atoms with E-state index in [4.69, 9.17) is 11.6 Å². The van der Waals surface area contributed by atoms with Crippen molar-refractivity contribution in [1.82, 2.24) is 5.32 Å². The molecule has 4 nitrogen and oxygen atoms in total. The minimum Gasteiger partial charge on any atom is -0.321 e. The fourth-order valence-corrected chi connectivity index (χ4v) is 5.86. The van der Waals surface area contributed by atoms with Gasteiger partial charge in [0.15, 0.2) is 11.6 Å². The van der Waals surface area contributed by atoms with Gasteiger partial charge in [-0.2, -0.15) is 0 Å². The van der Waals surface area contributed by atoms with Gasteiger partial charge in [-0.1, -0.05) is 37.6 Å². The van der Waals surface area contributed by atoms with Gasteiger partial charge in [-0.15, -0.1) is 0 Å². The van der Waals surface area contributed by atoms with E-state index in [0.29, 0.717) is 53.2 Å². The lowest BCUT2D eigenvalue weighted by Crippen LogP contribution is -2.43. The van der Waals surface area contributed by atoms with Crippen molar-refractivity contribution < 1.29 is 22.2 Å². The van der Waals surface area contributed by atoms with E-state index in [0.717, 1.165) is 5.56 Å². The predicted molar refractivity (Wildman–Crippen MR) is 140 cm³/mol. The zero-order chi connectivity index (χ0) is 26.7. The zero-order valence-electron chi connectivity index (χ0n) is 20.5. The Hall–Kier alpha value is -2.68. The van der Waals surface area contributed by atoms with E-state index < -0.39 is 51.2 Å². The third kappa shape index (κ3) is 5.92. The summed E-state index contributed by atoms with van der Waals surface area (Å²) in [7, 11) is -1.41. The normalized spacial score (nSPS) is 16.0. The van der Waals surface area contributed by atoms with Gasteiger partial charge in [-0.05, 0) is 74.3 Å². The number of carbonyl (C=O) groups is 1. The minimum absolute atomic E-state index is 0.219. The first-order valence-electron chi connectivity index (χ1n) is 12.1. The first-order chi connectivity index (χ1) is 17.6. The number of hydrogen-bond acceptors (Lipinski definition) is 3. The number of carbonyl (C=O) groups excluding carboxylic acids is 1. The van der Waals surface area contributed by atoms with E-state index in [1.54, 1.807) is 62.4 Å². The molecule has 0 bridgehead atoms. The van der Waals surface area contributed by atoms with Crippen molar-refractivity contribution in [3.8, 4) is 0 Å². The summed E-state index contributed by atoms with van der Waals surface area (Å²) < 4.78 is 58.5. The molecular formula is C28H28ClF3N2O2S. The number of halogens is 4. The molecule has 0 aliphatic carbocycles. The van der Waals surface area contributed by atoms with E-state index >= 15 is 8.78 Å². The van der Waals surface area contributed by atoms with E-state index in [2.05, 4.69) is 10.6 Å². The summed E-state index contributed by atoms with van der Waals surface area (Å²) in [4.78, 5) is 13.4. The zero-order valence-corrected chi connectivity index (χ0v) is 22.1. The van der Waals surface area contributed by atoms with E-state index in [-0.39, 0.29) is 5.56 Å². The third-order valence-electron chi connectivity index (χ3n) is 6.74. The molecule has 1 saturated heterocycles. The van der Waals surface area contributed by atoms with Crippen molar-refractivity contribution in [3.63, 3.8) is 0 Å². The molecule has 0 spiro atoms. The first-order valence-corrected chi connectivity index (χ1v) is 13.6. The van der Waals surface area contributed by atoms with Crippen LogP contribution in [0.25, 0.3) is 0 Å². The molecule has 1 aliphatic rings. The largest absolute Gasteiger partial charge is 0.321 e. The van der Waals surface area contributed by atoms with Crippen LogP contribution in [0.4, 0.5) is 18.9 Å². The summed E-state index contributed by atoms with van der Waals surface area (Å²) in [6, 6.07) is 14.5. The number of anilines is 1. The number of hydrogen-bond donors (Lipinski definition) is 2. The summed E-state index contributed by atoms with van der Waals surface area (Å²) in [5.74, 6) is -4.25. The average Bonchev–Trinajstić information content (AvgIpc) is 2.87. The molecule has 1 unspecified atom stereocenters. The van der Waals surface area contributed by atoms with Crippen molar-refractivity contribution in [2.24, 2.45) is 5.92 Å². The van der Waals surface area contributed by atoms with Crippen LogP contribution in [0.1, 0.15) is 37.8 Å². The second-order valence-corrected chi connectivity index (χ2v) is 11.5. The Labute approximate surface area is 222 Å². The maximum atomic E-state index is 15.8. The summed E-state index contributed by atoms with van der Waals surface area (Å²) in [5.41, 5.74) is -0.999. The Morgan fingerprint density at radius 1 is 1.00 bits per heavy atom. The molecular weight excluding hydrogens is 521 g/mol. The number of piperidine rings is 1. The number of rotatable bonds is 7. The van der Waals surface area contributed by atoms with Crippen LogP contribution >= 0.6 is 11.6 Å². The molecule has 1 aliphatic heterocycles. The third-order valence-corrected chi connectivity index (χ3v) is 8.39. The summed E-state index contributed by atoms with van der Waals surface area (Å²) in [6.07, 6.45) is 1.13. The molecule has 1 atom stereocenters. The van der Waals surface area contributed by atoms with Crippen LogP contribution in [0.3, 0.4) is 0 Å². The molecule has 1 heterocycles. The van der Waals surface area contributed by atoms with Gasteiger partial charge in [-0.3, -0.25) is 4.79 Å². The first kappa shape index (κ1) is 27.4. The molecule has 1 fully saturated rings. The molecule has 0 saturated carbocycles. The second kappa shape index (κ2) is 11.4. The van der Waals surface area contributed by atoms with Crippen molar-refractivity contribution >= 4 is 34.0 Å². The van der Waals surface area contributed by atoms with Crippen LogP contribution in [0.2, 0.25) is 5.02 Å². The number of amides is 1. The highest BCUT2D eigenvalue weighted by molar-refractivity contribution is 7.85. The maximum Gasteiger partial charge on any atom is 0.227 e. The summed E-state index contributed by atoms with van der Waals surface area (Å²) >= 11 is 5.92. The van der Waals surface area contributed by atoms with Crippen LogP contribution in [0.5, 0.6) is 0 Å². The van der Waals surface area contributed by atoms with Gasteiger partial charge in [0.1, 0.15) is 11.5 Å². The molecule has 4 rings (SSSR count). The lowest BCUT2D eigenvalue weighted by Gasteiger charge is -2.39. The fourth-order valence-electron chi connectivity index (χ4n) is 4.69. The van der Waals surface area contributed by atoms with Gasteiger partial charge >= 0.3 is 0 Å². The van der Waals surface area contributed by atoms with Gasteiger partial charge < -0.3 is 10.6 Å². The lowest BCUT2D eigenvalue weighted by molar-refractivity contribution is -0.118. The smallest absolute Gasteiger partial charge is 0.227 e. The fraction of sp³-hybridized carbons (Fsp3) is 0.321. The lowest BCUT2D eigenvalue weighted by atomic mass is 9.68. The minimum atomic E-state index is -1.41. The van der Waals surface area contributed by atoms with Gasteiger partial charge in [0, 0.05) is 37.8 Å². The highest BCUT2D eigenvalue weighted by Gasteiger charge is 2.40. The molecule has 2 N–H and O–H groups in total. The topological polar surface area (TPSA) is 58.2 Å². The highest BCUT2D eigenvalue weighted by atomic mass is 35.5. The Morgan fingerprint density at radius 2 is 1.57 bits per heavy atom. The van der Waals surface area contributed by atoms with Gasteiger partial charge in [0.2, 0.25) is 5.91 Å². The van der Waals surface area contributed by atoms with Gasteiger partial charge in [-0.25, -0.2) is 17.4 Å². The Bertz CT molecular complexity index is 1310. The van der Waals surface area contributed by atoms with Gasteiger partial charge in [0.25, 0.3) is 0 Å². The molecule has 196 valence electrons. The van der Waals surface area contributed by atoms with Crippen LogP contribution in [-0.4, -0.2) is 23.2 Å². The highest BCUT2D eigenvalue weighted by Crippen LogP contribution is 2.42. The van der Waals surface area contributed by atoms with Crippen molar-refractivity contribution in [3.05, 3.63) is 88.2 Å². The van der Waals surface area contributed by atoms with Crippen molar-refractivity contribution in [2.75, 3.05) is 18.4 Å². The van der Waals surface area contributed by atoms with E-state index in [1.807, 2.05) is 0 Å². The summed E-state index contributed by atoms with van der Waals surface area (Å²) in [5, 5.41) is 6.06.